The lowest BCUT2D eigenvalue weighted by molar-refractivity contribution is 0.0912. The second-order valence-corrected chi connectivity index (χ2v) is 6.32. The number of amides is 1. The van der Waals surface area contributed by atoms with Crippen LogP contribution in [0.3, 0.4) is 0 Å². The van der Waals surface area contributed by atoms with E-state index in [9.17, 15) is 4.79 Å². The largest absolute Gasteiger partial charge is 0.380 e. The van der Waals surface area contributed by atoms with E-state index in [1.807, 2.05) is 36.4 Å². The van der Waals surface area contributed by atoms with E-state index < -0.39 is 0 Å². The van der Waals surface area contributed by atoms with Crippen LogP contribution in [0.25, 0.3) is 11.3 Å². The Morgan fingerprint density at radius 2 is 2.12 bits per heavy atom. The third-order valence-electron chi connectivity index (χ3n) is 4.27. The predicted molar refractivity (Wildman–Crippen MR) is 92.8 cm³/mol. The maximum Gasteiger partial charge on any atom is 0.269 e. The van der Waals surface area contributed by atoms with Gasteiger partial charge in [-0.3, -0.25) is 9.48 Å². The molecule has 1 aromatic carbocycles. The molecule has 128 valence electrons. The third kappa shape index (κ3) is 4.01. The van der Waals surface area contributed by atoms with Crippen LogP contribution in [0.4, 0.5) is 0 Å². The molecule has 1 atom stereocenters. The second kappa shape index (κ2) is 7.59. The average molecular weight is 328 g/mol. The maximum absolute atomic E-state index is 12.5. The van der Waals surface area contributed by atoms with Crippen LogP contribution >= 0.6 is 0 Å². The predicted octanol–water partition coefficient (Wildman–Crippen LogP) is 1.40. The monoisotopic (exact) mass is 328 g/mol. The van der Waals surface area contributed by atoms with Gasteiger partial charge in [0.05, 0.1) is 18.9 Å². The summed E-state index contributed by atoms with van der Waals surface area (Å²) in [6, 6.07) is 11.7. The van der Waals surface area contributed by atoms with Crippen LogP contribution in [0.5, 0.6) is 0 Å². The van der Waals surface area contributed by atoms with Gasteiger partial charge in [0.1, 0.15) is 5.69 Å². The van der Waals surface area contributed by atoms with Gasteiger partial charge < -0.3 is 15.0 Å². The molecule has 2 heterocycles. The van der Waals surface area contributed by atoms with Gasteiger partial charge in [0.2, 0.25) is 0 Å². The van der Waals surface area contributed by atoms with E-state index in [2.05, 4.69) is 22.4 Å². The zero-order chi connectivity index (χ0) is 16.9. The van der Waals surface area contributed by atoms with Crippen molar-refractivity contribution in [3.8, 4) is 11.3 Å². The van der Waals surface area contributed by atoms with Crippen molar-refractivity contribution in [1.82, 2.24) is 20.0 Å². The number of hydrogen-bond donors (Lipinski definition) is 1. The Morgan fingerprint density at radius 1 is 1.33 bits per heavy atom. The lowest BCUT2D eigenvalue weighted by atomic mass is 10.1. The van der Waals surface area contributed by atoms with Crippen molar-refractivity contribution >= 4 is 5.91 Å². The maximum atomic E-state index is 12.5. The Bertz CT molecular complexity index is 684. The van der Waals surface area contributed by atoms with Crippen molar-refractivity contribution < 1.29 is 9.53 Å². The molecule has 6 nitrogen and oxygen atoms in total. The summed E-state index contributed by atoms with van der Waals surface area (Å²) >= 11 is 0. The first-order valence-corrected chi connectivity index (χ1v) is 8.27. The topological polar surface area (TPSA) is 59.4 Å². The third-order valence-corrected chi connectivity index (χ3v) is 4.27. The number of aromatic nitrogens is 2. The molecule has 1 saturated heterocycles. The first-order valence-electron chi connectivity index (χ1n) is 8.27. The van der Waals surface area contributed by atoms with Gasteiger partial charge in [0.25, 0.3) is 5.91 Å². The molecule has 6 heteroatoms. The lowest BCUT2D eigenvalue weighted by Crippen LogP contribution is -2.36. The minimum Gasteiger partial charge on any atom is -0.380 e. The van der Waals surface area contributed by atoms with Crippen LogP contribution < -0.4 is 5.32 Å². The molecule has 0 bridgehead atoms. The van der Waals surface area contributed by atoms with Crippen LogP contribution in [0.1, 0.15) is 10.5 Å². The molecular formula is C18H24N4O2. The van der Waals surface area contributed by atoms with E-state index in [4.69, 9.17) is 4.74 Å². The quantitative estimate of drug-likeness (QED) is 0.921. The highest BCUT2D eigenvalue weighted by Gasteiger charge is 2.19. The van der Waals surface area contributed by atoms with Crippen molar-refractivity contribution in [3.63, 3.8) is 0 Å². The van der Waals surface area contributed by atoms with Crippen molar-refractivity contribution in [3.05, 3.63) is 42.1 Å². The Kier molecular flexibility index (Phi) is 5.27. The van der Waals surface area contributed by atoms with E-state index in [-0.39, 0.29) is 5.91 Å². The number of nitrogens with one attached hydrogen (secondary N) is 1. The number of rotatable bonds is 4. The zero-order valence-corrected chi connectivity index (χ0v) is 14.2. The first kappa shape index (κ1) is 16.7. The van der Waals surface area contributed by atoms with Crippen molar-refractivity contribution in [1.29, 1.82) is 0 Å². The normalized spacial score (nSPS) is 19.0. The van der Waals surface area contributed by atoms with E-state index in [1.54, 1.807) is 11.7 Å². The van der Waals surface area contributed by atoms with Crippen molar-refractivity contribution in [2.45, 2.75) is 0 Å². The molecular weight excluding hydrogens is 304 g/mol. The summed E-state index contributed by atoms with van der Waals surface area (Å²) in [5.41, 5.74) is 2.38. The van der Waals surface area contributed by atoms with Crippen LogP contribution in [-0.2, 0) is 11.8 Å². The summed E-state index contributed by atoms with van der Waals surface area (Å²) in [5.74, 6) is 0.211. The van der Waals surface area contributed by atoms with Crippen LogP contribution in [0.2, 0.25) is 0 Å². The van der Waals surface area contributed by atoms with Crippen molar-refractivity contribution in [2.75, 3.05) is 39.9 Å². The average Bonchev–Trinajstić information content (AvgIpc) is 2.86. The zero-order valence-electron chi connectivity index (χ0n) is 14.2. The van der Waals surface area contributed by atoms with Crippen molar-refractivity contribution in [2.24, 2.45) is 13.0 Å². The van der Waals surface area contributed by atoms with Gasteiger partial charge in [-0.25, -0.2) is 0 Å². The van der Waals surface area contributed by atoms with Gasteiger partial charge in [-0.05, 0) is 13.1 Å². The fourth-order valence-corrected chi connectivity index (χ4v) is 2.94. The summed E-state index contributed by atoms with van der Waals surface area (Å²) in [7, 11) is 3.88. The van der Waals surface area contributed by atoms with Gasteiger partial charge in [0, 0.05) is 38.2 Å². The first-order chi connectivity index (χ1) is 11.6. The van der Waals surface area contributed by atoms with Gasteiger partial charge in [-0.2, -0.15) is 5.10 Å². The molecule has 1 aromatic heterocycles. The van der Waals surface area contributed by atoms with Crippen LogP contribution in [0, 0.1) is 5.92 Å². The highest BCUT2D eigenvalue weighted by molar-refractivity contribution is 5.93. The van der Waals surface area contributed by atoms with Crippen LogP contribution in [0.15, 0.2) is 36.4 Å². The summed E-state index contributed by atoms with van der Waals surface area (Å²) in [6.45, 7) is 3.91. The van der Waals surface area contributed by atoms with Gasteiger partial charge in [-0.1, -0.05) is 30.3 Å². The Hall–Kier alpha value is -2.18. The number of carbonyl (C=O) groups excluding carboxylic acids is 1. The molecule has 3 rings (SSSR count). The Labute approximate surface area is 142 Å². The van der Waals surface area contributed by atoms with E-state index in [0.717, 1.165) is 31.0 Å². The molecule has 1 aliphatic heterocycles. The number of benzene rings is 1. The number of likely N-dealkylation sites (N-methyl/N-ethyl adjacent to an activating group) is 1. The van der Waals surface area contributed by atoms with Gasteiger partial charge >= 0.3 is 0 Å². The SMILES string of the molecule is CN1CCOC[C@@H](CNC(=O)c2cc(-c3ccccc3)nn2C)C1. The molecule has 0 radical (unpaired) electrons. The van der Waals surface area contributed by atoms with Gasteiger partial charge in [-0.15, -0.1) is 0 Å². The number of hydrogen-bond acceptors (Lipinski definition) is 4. The standard InChI is InChI=1S/C18H24N4O2/c1-21-8-9-24-13-14(12-21)11-19-18(23)17-10-16(20-22(17)2)15-6-4-3-5-7-15/h3-7,10,14H,8-9,11-13H2,1-2H3,(H,19,23)/t14-/m0/s1. The Morgan fingerprint density at radius 3 is 2.92 bits per heavy atom. The molecule has 1 aliphatic rings. The number of nitrogens with zero attached hydrogens (tertiary/aromatic N) is 3. The smallest absolute Gasteiger partial charge is 0.269 e. The number of carbonyl (C=O) groups is 1. The molecule has 0 unspecified atom stereocenters. The fraction of sp³-hybridized carbons (Fsp3) is 0.444. The number of ether oxygens (including phenoxy) is 1. The molecule has 1 N–H and O–H groups in total. The summed E-state index contributed by atoms with van der Waals surface area (Å²) < 4.78 is 7.22. The molecule has 0 spiro atoms. The molecule has 1 fully saturated rings. The summed E-state index contributed by atoms with van der Waals surface area (Å²) in [5, 5.41) is 7.46. The highest BCUT2D eigenvalue weighted by atomic mass is 16.5. The van der Waals surface area contributed by atoms with Crippen LogP contribution in [-0.4, -0.2) is 60.5 Å². The van der Waals surface area contributed by atoms with E-state index in [0.29, 0.717) is 24.8 Å². The minimum absolute atomic E-state index is 0.0981. The summed E-state index contributed by atoms with van der Waals surface area (Å²) in [4.78, 5) is 14.7. The molecule has 1 amide bonds. The molecule has 0 aliphatic carbocycles. The lowest BCUT2D eigenvalue weighted by Gasteiger charge is -2.19. The minimum atomic E-state index is -0.0981. The number of aryl methyl sites for hydroxylation is 1. The highest BCUT2D eigenvalue weighted by Crippen LogP contribution is 2.18. The van der Waals surface area contributed by atoms with Gasteiger partial charge in [0.15, 0.2) is 0 Å². The molecule has 24 heavy (non-hydrogen) atoms. The van der Waals surface area contributed by atoms with E-state index >= 15 is 0 Å². The fourth-order valence-electron chi connectivity index (χ4n) is 2.94. The summed E-state index contributed by atoms with van der Waals surface area (Å²) in [6.07, 6.45) is 0. The molecule has 0 saturated carbocycles. The second-order valence-electron chi connectivity index (χ2n) is 6.32. The molecule has 2 aromatic rings. The Balaban J connectivity index is 1.64. The van der Waals surface area contributed by atoms with E-state index in [1.165, 1.54) is 0 Å².